The summed E-state index contributed by atoms with van der Waals surface area (Å²) in [5.41, 5.74) is 14.1. The lowest BCUT2D eigenvalue weighted by Gasteiger charge is -2.13. The highest BCUT2D eigenvalue weighted by molar-refractivity contribution is 6.07. The Morgan fingerprint density at radius 2 is 1.85 bits per heavy atom. The molecule has 1 aliphatic rings. The number of hydrazone groups is 1. The Kier molecular flexibility index (Phi) is 5.15. The lowest BCUT2D eigenvalue weighted by molar-refractivity contribution is 0.0829. The number of nitrogens with zero attached hydrogens (tertiary/aromatic N) is 2. The summed E-state index contributed by atoms with van der Waals surface area (Å²) >= 11 is 0. The summed E-state index contributed by atoms with van der Waals surface area (Å²) in [6, 6.07) is 2.27. The molecule has 10 heteroatoms. The van der Waals surface area contributed by atoms with Crippen molar-refractivity contribution in [3.63, 3.8) is 0 Å². The number of carbonyl (C=O) groups is 3. The van der Waals surface area contributed by atoms with Gasteiger partial charge >= 0.3 is 11.9 Å². The molecule has 0 saturated heterocycles. The Hall–Kier alpha value is -3.69. The molecule has 0 saturated carbocycles. The van der Waals surface area contributed by atoms with Gasteiger partial charge in [-0.1, -0.05) is 0 Å². The van der Waals surface area contributed by atoms with E-state index in [2.05, 4.69) is 26.4 Å². The average molecular weight is 370 g/mol. The third-order valence-electron chi connectivity index (χ3n) is 4.07. The normalized spacial score (nSPS) is 14.3. The molecule has 0 aromatic carbocycles. The van der Waals surface area contributed by atoms with Crippen LogP contribution in [0.3, 0.4) is 0 Å². The molecule has 0 atom stereocenters. The van der Waals surface area contributed by atoms with Crippen molar-refractivity contribution in [3.8, 4) is 0 Å². The SMILES string of the molecule is Cc1c(C(=O)NNC(=O)c2ccncc2)oc2c1/C(=N/NC(N)=O)CCC2. The second-order valence-electron chi connectivity index (χ2n) is 5.89. The van der Waals surface area contributed by atoms with Crippen LogP contribution >= 0.6 is 0 Å². The minimum atomic E-state index is -0.771. The molecule has 0 unspecified atom stereocenters. The molecule has 140 valence electrons. The molecule has 27 heavy (non-hydrogen) atoms. The number of hydrazine groups is 1. The number of aryl methyl sites for hydroxylation is 1. The highest BCUT2D eigenvalue weighted by Gasteiger charge is 2.28. The van der Waals surface area contributed by atoms with Crippen molar-refractivity contribution in [2.24, 2.45) is 10.8 Å². The van der Waals surface area contributed by atoms with E-state index < -0.39 is 17.8 Å². The minimum absolute atomic E-state index is 0.0729. The summed E-state index contributed by atoms with van der Waals surface area (Å²) in [6.07, 6.45) is 4.97. The summed E-state index contributed by atoms with van der Waals surface area (Å²) in [5.74, 6) is -0.391. The molecule has 4 amide bonds. The molecule has 0 spiro atoms. The van der Waals surface area contributed by atoms with Crippen molar-refractivity contribution >= 4 is 23.6 Å². The molecular formula is C17H18N6O4. The summed E-state index contributed by atoms with van der Waals surface area (Å²) in [7, 11) is 0. The number of pyridine rings is 1. The van der Waals surface area contributed by atoms with Crippen LogP contribution in [-0.2, 0) is 6.42 Å². The van der Waals surface area contributed by atoms with E-state index in [1.807, 2.05) is 0 Å². The zero-order chi connectivity index (χ0) is 19.4. The molecule has 5 N–H and O–H groups in total. The van der Waals surface area contributed by atoms with E-state index in [1.54, 1.807) is 6.92 Å². The van der Waals surface area contributed by atoms with Crippen molar-refractivity contribution in [2.75, 3.05) is 0 Å². The van der Waals surface area contributed by atoms with Crippen LogP contribution in [0.4, 0.5) is 4.79 Å². The van der Waals surface area contributed by atoms with E-state index >= 15 is 0 Å². The lowest BCUT2D eigenvalue weighted by atomic mass is 9.93. The average Bonchev–Trinajstić information content (AvgIpc) is 3.02. The smallest absolute Gasteiger partial charge is 0.332 e. The molecular weight excluding hydrogens is 352 g/mol. The van der Waals surface area contributed by atoms with Crippen molar-refractivity contribution in [1.29, 1.82) is 0 Å². The molecule has 2 aromatic rings. The van der Waals surface area contributed by atoms with Gasteiger partial charge in [-0.05, 0) is 31.9 Å². The van der Waals surface area contributed by atoms with Gasteiger partial charge < -0.3 is 10.2 Å². The molecule has 0 bridgehead atoms. The van der Waals surface area contributed by atoms with Gasteiger partial charge in [0.05, 0.1) is 5.71 Å². The highest BCUT2D eigenvalue weighted by atomic mass is 16.4. The fraction of sp³-hybridized carbons (Fsp3) is 0.235. The van der Waals surface area contributed by atoms with Crippen LogP contribution in [-0.4, -0.2) is 28.5 Å². The number of carbonyl (C=O) groups excluding carboxylic acids is 3. The van der Waals surface area contributed by atoms with E-state index in [0.29, 0.717) is 41.0 Å². The molecule has 2 aromatic heterocycles. The molecule has 2 heterocycles. The second kappa shape index (κ2) is 7.68. The molecule has 0 fully saturated rings. The van der Waals surface area contributed by atoms with E-state index in [0.717, 1.165) is 6.42 Å². The van der Waals surface area contributed by atoms with Crippen molar-refractivity contribution in [2.45, 2.75) is 26.2 Å². The number of rotatable bonds is 3. The number of primary amides is 1. The van der Waals surface area contributed by atoms with Crippen molar-refractivity contribution < 1.29 is 18.8 Å². The Morgan fingerprint density at radius 3 is 2.56 bits per heavy atom. The number of fused-ring (bicyclic) bond motifs is 1. The third kappa shape index (κ3) is 3.94. The van der Waals surface area contributed by atoms with Crippen LogP contribution in [0.2, 0.25) is 0 Å². The topological polar surface area (TPSA) is 152 Å². The predicted octanol–water partition coefficient (Wildman–Crippen LogP) is 0.767. The first kappa shape index (κ1) is 18.1. The maximum atomic E-state index is 12.4. The lowest BCUT2D eigenvalue weighted by Crippen LogP contribution is -2.41. The first-order chi connectivity index (χ1) is 13.0. The number of nitrogens with two attached hydrogens (primary N) is 1. The van der Waals surface area contributed by atoms with Gasteiger partial charge in [0.15, 0.2) is 5.76 Å². The van der Waals surface area contributed by atoms with Crippen LogP contribution in [0.1, 0.15) is 50.6 Å². The standard InChI is InChI=1S/C17H18N6O4/c1-9-13-11(20-23-17(18)26)3-2-4-12(13)27-14(9)16(25)22-21-15(24)10-5-7-19-8-6-10/h5-8H,2-4H2,1H3,(H,21,24)(H,22,25)(H3,18,23,26)/b20-11+. The third-order valence-corrected chi connectivity index (χ3v) is 4.07. The van der Waals surface area contributed by atoms with Gasteiger partial charge in [0, 0.05) is 35.5 Å². The minimum Gasteiger partial charge on any atom is -0.455 e. The zero-order valence-corrected chi connectivity index (χ0v) is 14.5. The van der Waals surface area contributed by atoms with Gasteiger partial charge in [-0.2, -0.15) is 5.10 Å². The van der Waals surface area contributed by atoms with E-state index in [4.69, 9.17) is 10.2 Å². The van der Waals surface area contributed by atoms with E-state index in [9.17, 15) is 14.4 Å². The maximum absolute atomic E-state index is 12.4. The maximum Gasteiger partial charge on any atom is 0.332 e. The van der Waals surface area contributed by atoms with Gasteiger partial charge in [0.25, 0.3) is 5.91 Å². The zero-order valence-electron chi connectivity index (χ0n) is 14.5. The Balaban J connectivity index is 1.76. The largest absolute Gasteiger partial charge is 0.455 e. The second-order valence-corrected chi connectivity index (χ2v) is 5.89. The fourth-order valence-electron chi connectivity index (χ4n) is 2.87. The van der Waals surface area contributed by atoms with Gasteiger partial charge in [-0.25, -0.2) is 10.2 Å². The number of urea groups is 1. The van der Waals surface area contributed by atoms with E-state index in [1.165, 1.54) is 24.5 Å². The Morgan fingerprint density at radius 1 is 1.15 bits per heavy atom. The Labute approximate surface area is 154 Å². The highest BCUT2D eigenvalue weighted by Crippen LogP contribution is 2.29. The van der Waals surface area contributed by atoms with Crippen LogP contribution in [0, 0.1) is 6.92 Å². The first-order valence-corrected chi connectivity index (χ1v) is 8.22. The van der Waals surface area contributed by atoms with Crippen molar-refractivity contribution in [1.82, 2.24) is 21.3 Å². The number of amides is 4. The molecule has 0 aliphatic heterocycles. The van der Waals surface area contributed by atoms with Crippen LogP contribution in [0.15, 0.2) is 34.0 Å². The van der Waals surface area contributed by atoms with E-state index in [-0.39, 0.29) is 5.76 Å². The van der Waals surface area contributed by atoms with Crippen molar-refractivity contribution in [3.05, 3.63) is 52.7 Å². The van der Waals surface area contributed by atoms with Crippen LogP contribution in [0.5, 0.6) is 0 Å². The molecule has 1 aliphatic carbocycles. The summed E-state index contributed by atoms with van der Waals surface area (Å²) in [4.78, 5) is 39.2. The van der Waals surface area contributed by atoms with Crippen LogP contribution in [0.25, 0.3) is 0 Å². The monoisotopic (exact) mass is 370 g/mol. The summed E-state index contributed by atoms with van der Waals surface area (Å²) in [6.45, 7) is 1.72. The van der Waals surface area contributed by atoms with Gasteiger partial charge in [0.1, 0.15) is 5.76 Å². The van der Waals surface area contributed by atoms with Gasteiger partial charge in [-0.15, -0.1) is 0 Å². The fourth-order valence-corrected chi connectivity index (χ4v) is 2.87. The molecule has 0 radical (unpaired) electrons. The Bertz CT molecular complexity index is 919. The van der Waals surface area contributed by atoms with Gasteiger partial charge in [-0.3, -0.25) is 25.4 Å². The number of nitrogens with one attached hydrogen (secondary N) is 3. The summed E-state index contributed by atoms with van der Waals surface area (Å²) in [5, 5.41) is 4.00. The molecule has 10 nitrogen and oxygen atoms in total. The van der Waals surface area contributed by atoms with Gasteiger partial charge in [0.2, 0.25) is 0 Å². The number of hydrogen-bond donors (Lipinski definition) is 4. The molecule has 3 rings (SSSR count). The number of furan rings is 1. The number of hydrogen-bond acceptors (Lipinski definition) is 6. The predicted molar refractivity (Wildman–Crippen MR) is 94.8 cm³/mol. The quantitative estimate of drug-likeness (QED) is 0.588. The van der Waals surface area contributed by atoms with Crippen LogP contribution < -0.4 is 22.0 Å². The summed E-state index contributed by atoms with van der Waals surface area (Å²) < 4.78 is 5.68. The number of aromatic nitrogens is 1. The first-order valence-electron chi connectivity index (χ1n) is 8.22.